The number of rotatable bonds is 8. The third kappa shape index (κ3) is 6.70. The number of alkyl halides is 3. The summed E-state index contributed by atoms with van der Waals surface area (Å²) in [5, 5.41) is 6.72. The van der Waals surface area contributed by atoms with E-state index in [9.17, 15) is 13.2 Å². The molecule has 1 aliphatic heterocycles. The van der Waals surface area contributed by atoms with Gasteiger partial charge in [-0.15, -0.1) is 13.2 Å². The van der Waals surface area contributed by atoms with Gasteiger partial charge >= 0.3 is 6.36 Å². The van der Waals surface area contributed by atoms with Crippen LogP contribution in [0.2, 0.25) is 0 Å². The topological polar surface area (TPSA) is 71.5 Å². The van der Waals surface area contributed by atoms with Crippen LogP contribution in [0, 0.1) is 0 Å². The Balaban J connectivity index is 1.52. The summed E-state index contributed by atoms with van der Waals surface area (Å²) in [5.41, 5.74) is 1.06. The van der Waals surface area contributed by atoms with Crippen LogP contribution in [0.3, 0.4) is 0 Å². The van der Waals surface area contributed by atoms with Crippen molar-refractivity contribution >= 4 is 11.8 Å². The van der Waals surface area contributed by atoms with Crippen LogP contribution >= 0.6 is 0 Å². The third-order valence-electron chi connectivity index (χ3n) is 5.62. The molecular weight excluding hydrogens is 423 g/mol. The van der Waals surface area contributed by atoms with Gasteiger partial charge in [0.25, 0.3) is 0 Å². The SMILES string of the molecule is FC(F)(F)Oc1cccc(-c2cc(NCCN3CCOCC3)nc(NC3CCCC3)n2)c1. The van der Waals surface area contributed by atoms with Gasteiger partial charge in [-0.05, 0) is 25.0 Å². The van der Waals surface area contributed by atoms with Gasteiger partial charge in [-0.1, -0.05) is 25.0 Å². The minimum Gasteiger partial charge on any atom is -0.406 e. The van der Waals surface area contributed by atoms with Gasteiger partial charge in [0.15, 0.2) is 0 Å². The lowest BCUT2D eigenvalue weighted by Crippen LogP contribution is -2.39. The predicted molar refractivity (Wildman–Crippen MR) is 116 cm³/mol. The number of aromatic nitrogens is 2. The highest BCUT2D eigenvalue weighted by Gasteiger charge is 2.31. The van der Waals surface area contributed by atoms with E-state index in [2.05, 4.69) is 30.2 Å². The molecule has 1 aromatic carbocycles. The number of hydrogen-bond acceptors (Lipinski definition) is 7. The fourth-order valence-corrected chi connectivity index (χ4v) is 4.02. The van der Waals surface area contributed by atoms with Gasteiger partial charge in [-0.25, -0.2) is 4.98 Å². The van der Waals surface area contributed by atoms with E-state index in [1.54, 1.807) is 12.1 Å². The van der Waals surface area contributed by atoms with E-state index in [4.69, 9.17) is 4.74 Å². The number of nitrogens with zero attached hydrogens (tertiary/aromatic N) is 3. The number of nitrogens with one attached hydrogen (secondary N) is 2. The molecule has 2 aromatic rings. The Morgan fingerprint density at radius 3 is 2.62 bits per heavy atom. The van der Waals surface area contributed by atoms with Gasteiger partial charge in [0.1, 0.15) is 11.6 Å². The van der Waals surface area contributed by atoms with Crippen molar-refractivity contribution in [3.8, 4) is 17.0 Å². The van der Waals surface area contributed by atoms with Crippen LogP contribution in [0.25, 0.3) is 11.3 Å². The summed E-state index contributed by atoms with van der Waals surface area (Å²) in [6.07, 6.45) is -0.298. The van der Waals surface area contributed by atoms with Crippen LogP contribution in [0.1, 0.15) is 25.7 Å². The Hall–Kier alpha value is -2.59. The Morgan fingerprint density at radius 2 is 1.88 bits per heavy atom. The quantitative estimate of drug-likeness (QED) is 0.625. The summed E-state index contributed by atoms with van der Waals surface area (Å²) < 4.78 is 47.4. The summed E-state index contributed by atoms with van der Waals surface area (Å²) in [6.45, 7) is 4.82. The lowest BCUT2D eigenvalue weighted by molar-refractivity contribution is -0.274. The summed E-state index contributed by atoms with van der Waals surface area (Å²) in [7, 11) is 0. The summed E-state index contributed by atoms with van der Waals surface area (Å²) >= 11 is 0. The van der Waals surface area contributed by atoms with Crippen molar-refractivity contribution in [3.05, 3.63) is 30.3 Å². The second-order valence-corrected chi connectivity index (χ2v) is 8.04. The second-order valence-electron chi connectivity index (χ2n) is 8.04. The maximum atomic E-state index is 12.6. The molecule has 0 bridgehead atoms. The van der Waals surface area contributed by atoms with Crippen LogP contribution < -0.4 is 15.4 Å². The van der Waals surface area contributed by atoms with E-state index < -0.39 is 6.36 Å². The maximum absolute atomic E-state index is 12.6. The number of benzene rings is 1. The van der Waals surface area contributed by atoms with Crippen molar-refractivity contribution in [2.75, 3.05) is 50.0 Å². The van der Waals surface area contributed by atoms with Crippen LogP contribution in [-0.2, 0) is 4.74 Å². The molecule has 0 radical (unpaired) electrons. The van der Waals surface area contributed by atoms with E-state index >= 15 is 0 Å². The first-order chi connectivity index (χ1) is 15.4. The van der Waals surface area contributed by atoms with Gasteiger partial charge in [0.2, 0.25) is 5.95 Å². The Labute approximate surface area is 185 Å². The van der Waals surface area contributed by atoms with E-state index in [-0.39, 0.29) is 5.75 Å². The Bertz CT molecular complexity index is 884. The fourth-order valence-electron chi connectivity index (χ4n) is 4.02. The van der Waals surface area contributed by atoms with E-state index in [1.807, 2.05) is 0 Å². The highest BCUT2D eigenvalue weighted by Crippen LogP contribution is 2.29. The van der Waals surface area contributed by atoms with Crippen molar-refractivity contribution in [1.29, 1.82) is 0 Å². The van der Waals surface area contributed by atoms with E-state index in [0.717, 1.165) is 45.7 Å². The first-order valence-electron chi connectivity index (χ1n) is 11.0. The number of halogens is 3. The van der Waals surface area contributed by atoms with Crippen molar-refractivity contribution in [2.24, 2.45) is 0 Å². The fraction of sp³-hybridized carbons (Fsp3) is 0.545. The molecule has 7 nitrogen and oxygen atoms in total. The van der Waals surface area contributed by atoms with Crippen LogP contribution in [0.15, 0.2) is 30.3 Å². The molecule has 0 unspecified atom stereocenters. The Kier molecular flexibility index (Phi) is 7.31. The highest BCUT2D eigenvalue weighted by molar-refractivity contribution is 5.66. The largest absolute Gasteiger partial charge is 0.573 e. The summed E-state index contributed by atoms with van der Waals surface area (Å²) in [5.74, 6) is 0.831. The summed E-state index contributed by atoms with van der Waals surface area (Å²) in [4.78, 5) is 11.5. The Morgan fingerprint density at radius 1 is 1.09 bits per heavy atom. The average Bonchev–Trinajstić information content (AvgIpc) is 3.26. The molecule has 1 saturated carbocycles. The lowest BCUT2D eigenvalue weighted by atomic mass is 10.1. The molecule has 2 aliphatic rings. The van der Waals surface area contributed by atoms with Crippen molar-refractivity contribution in [2.45, 2.75) is 38.1 Å². The highest BCUT2D eigenvalue weighted by atomic mass is 19.4. The molecule has 1 aromatic heterocycles. The summed E-state index contributed by atoms with van der Waals surface area (Å²) in [6, 6.07) is 7.92. The second kappa shape index (κ2) is 10.4. The smallest absolute Gasteiger partial charge is 0.406 e. The molecule has 10 heteroatoms. The zero-order valence-electron chi connectivity index (χ0n) is 17.8. The third-order valence-corrected chi connectivity index (χ3v) is 5.62. The normalized spacial score (nSPS) is 18.0. The van der Waals surface area contributed by atoms with Gasteiger partial charge in [-0.2, -0.15) is 4.98 Å². The van der Waals surface area contributed by atoms with Crippen molar-refractivity contribution < 1.29 is 22.6 Å². The molecule has 1 saturated heterocycles. The van der Waals surface area contributed by atoms with Gasteiger partial charge in [-0.3, -0.25) is 4.90 Å². The molecule has 0 atom stereocenters. The predicted octanol–water partition coefficient (Wildman–Crippen LogP) is 4.14. The molecule has 2 N–H and O–H groups in total. The van der Waals surface area contributed by atoms with Gasteiger partial charge in [0, 0.05) is 43.9 Å². The minimum atomic E-state index is -4.74. The first-order valence-corrected chi connectivity index (χ1v) is 11.0. The molecule has 0 spiro atoms. The van der Waals surface area contributed by atoms with Gasteiger partial charge < -0.3 is 20.1 Å². The first kappa shape index (κ1) is 22.6. The molecule has 2 fully saturated rings. The van der Waals surface area contributed by atoms with Crippen molar-refractivity contribution in [1.82, 2.24) is 14.9 Å². The zero-order valence-corrected chi connectivity index (χ0v) is 17.8. The minimum absolute atomic E-state index is 0.277. The lowest BCUT2D eigenvalue weighted by Gasteiger charge is -2.26. The van der Waals surface area contributed by atoms with Gasteiger partial charge in [0.05, 0.1) is 18.9 Å². The number of ether oxygens (including phenoxy) is 2. The van der Waals surface area contributed by atoms with Crippen LogP contribution in [0.5, 0.6) is 5.75 Å². The molecule has 174 valence electrons. The molecule has 4 rings (SSSR count). The number of morpholine rings is 1. The van der Waals surface area contributed by atoms with Crippen molar-refractivity contribution in [3.63, 3.8) is 0 Å². The molecule has 0 amide bonds. The molecule has 1 aliphatic carbocycles. The molecule has 2 heterocycles. The average molecular weight is 451 g/mol. The van der Waals surface area contributed by atoms with Crippen LogP contribution in [0.4, 0.5) is 24.9 Å². The van der Waals surface area contributed by atoms with Crippen LogP contribution in [-0.4, -0.2) is 66.7 Å². The molecule has 32 heavy (non-hydrogen) atoms. The monoisotopic (exact) mass is 451 g/mol. The number of hydrogen-bond donors (Lipinski definition) is 2. The van der Waals surface area contributed by atoms with E-state index in [0.29, 0.717) is 35.6 Å². The standard InChI is InChI=1S/C22H28F3N5O2/c23-22(24,25)32-18-7-3-4-16(14-18)19-15-20(26-8-9-30-10-12-31-13-11-30)29-21(28-19)27-17-5-1-2-6-17/h3-4,7,14-15,17H,1-2,5-6,8-13H2,(H2,26,27,28,29). The van der Waals surface area contributed by atoms with E-state index in [1.165, 1.54) is 31.0 Å². The maximum Gasteiger partial charge on any atom is 0.573 e. The number of anilines is 2. The molecular formula is C22H28F3N5O2. The zero-order chi connectivity index (χ0) is 22.4.